The summed E-state index contributed by atoms with van der Waals surface area (Å²) >= 11 is 0. The largest absolute Gasteiger partial charge is 0.252 e. The van der Waals surface area contributed by atoms with Gasteiger partial charge in [-0.05, 0) is 198 Å². The number of fused-ring (bicyclic) bond motifs is 12. The van der Waals surface area contributed by atoms with Crippen molar-refractivity contribution in [1.29, 1.82) is 0 Å². The topological polar surface area (TPSA) is 25.8 Å². The second-order valence-corrected chi connectivity index (χ2v) is 22.8. The van der Waals surface area contributed by atoms with Gasteiger partial charge in [-0.1, -0.05) is 224 Å². The molecule has 0 unspecified atom stereocenters. The third kappa shape index (κ3) is 8.69. The van der Waals surface area contributed by atoms with Crippen LogP contribution in [0.4, 0.5) is 0 Å². The molecule has 0 amide bonds. The van der Waals surface area contributed by atoms with Crippen LogP contribution in [0, 0.1) is 0 Å². The first kappa shape index (κ1) is 48.2. The van der Waals surface area contributed by atoms with Crippen LogP contribution >= 0.6 is 0 Å². The zero-order valence-electron chi connectivity index (χ0n) is 45.6. The number of hydrogen-bond donors (Lipinski definition) is 0. The molecule has 2 nitrogen and oxygen atoms in total. The van der Waals surface area contributed by atoms with Gasteiger partial charge in [0.25, 0.3) is 0 Å². The lowest BCUT2D eigenvalue weighted by molar-refractivity contribution is 0.822. The van der Waals surface area contributed by atoms with Gasteiger partial charge in [-0.15, -0.1) is 0 Å². The Morgan fingerprint density at radius 2 is 0.557 bits per heavy atom. The van der Waals surface area contributed by atoms with Crippen LogP contribution in [0.15, 0.2) is 237 Å². The molecule has 0 radical (unpaired) electrons. The van der Waals surface area contributed by atoms with E-state index in [1.807, 2.05) is 6.20 Å². The highest BCUT2D eigenvalue weighted by Crippen LogP contribution is 2.41. The van der Waals surface area contributed by atoms with Crippen molar-refractivity contribution in [3.05, 3.63) is 254 Å². The Hall–Kier alpha value is -9.24. The molecule has 14 aromatic rings. The van der Waals surface area contributed by atoms with E-state index in [4.69, 9.17) is 9.97 Å². The highest BCUT2D eigenvalue weighted by molar-refractivity contribution is 6.24. The summed E-state index contributed by atoms with van der Waals surface area (Å²) in [4.78, 5) is 10.5. The molecule has 0 saturated carbocycles. The quantitative estimate of drug-likeness (QED) is 0.135. The van der Waals surface area contributed by atoms with E-state index in [2.05, 4.69) is 272 Å². The summed E-state index contributed by atoms with van der Waals surface area (Å²) in [6.07, 6.45) is 1.96. The van der Waals surface area contributed by atoms with E-state index in [1.54, 1.807) is 0 Å². The fraction of sp³-hybridized carbons (Fsp3) is 0.117. The Morgan fingerprint density at radius 3 is 0.937 bits per heavy atom. The molecule has 0 aliphatic heterocycles. The van der Waals surface area contributed by atoms with Crippen LogP contribution in [0.25, 0.3) is 142 Å². The maximum absolute atomic E-state index is 5.31. The van der Waals surface area contributed by atoms with Crippen LogP contribution in [0.2, 0.25) is 0 Å². The van der Waals surface area contributed by atoms with Crippen molar-refractivity contribution in [2.75, 3.05) is 0 Å². The van der Waals surface area contributed by atoms with Crippen LogP contribution in [-0.4, -0.2) is 9.97 Å². The molecule has 13 aromatic carbocycles. The molecule has 0 bridgehead atoms. The summed E-state index contributed by atoms with van der Waals surface area (Å²) in [6.45, 7) is 13.4. The van der Waals surface area contributed by atoms with Crippen molar-refractivity contribution in [3.63, 3.8) is 0 Å². The van der Waals surface area contributed by atoms with E-state index in [1.165, 1.54) is 115 Å². The molecule has 378 valence electrons. The summed E-state index contributed by atoms with van der Waals surface area (Å²) in [5.41, 5.74) is 19.9. The lowest BCUT2D eigenvalue weighted by atomic mass is 9.91. The molecule has 1 heterocycles. The average Bonchev–Trinajstić information content (AvgIpc) is 3.70. The highest BCUT2D eigenvalue weighted by Gasteiger charge is 2.17. The van der Waals surface area contributed by atoms with E-state index in [9.17, 15) is 0 Å². The number of nitrogens with zero attached hydrogens (tertiary/aromatic N) is 2. The van der Waals surface area contributed by atoms with Crippen molar-refractivity contribution in [3.8, 4) is 66.8 Å². The van der Waals surface area contributed by atoms with Gasteiger partial charge in [-0.2, -0.15) is 0 Å². The third-order valence-electron chi connectivity index (χ3n) is 16.7. The Balaban J connectivity index is 0.828. The first-order valence-corrected chi connectivity index (χ1v) is 28.1. The minimum Gasteiger partial charge on any atom is -0.252 e. The van der Waals surface area contributed by atoms with Gasteiger partial charge in [0, 0.05) is 17.0 Å². The van der Waals surface area contributed by atoms with Crippen molar-refractivity contribution < 1.29 is 0 Å². The summed E-state index contributed by atoms with van der Waals surface area (Å²) in [7, 11) is 0. The predicted molar refractivity (Wildman–Crippen MR) is 339 cm³/mol. The molecule has 0 aliphatic carbocycles. The molecule has 0 N–H and O–H groups in total. The van der Waals surface area contributed by atoms with Crippen LogP contribution < -0.4 is 0 Å². The minimum absolute atomic E-state index is 0.254. The lowest BCUT2D eigenvalue weighted by Gasteiger charge is -2.15. The molecular weight excluding hydrogens is 953 g/mol. The van der Waals surface area contributed by atoms with E-state index >= 15 is 0 Å². The van der Waals surface area contributed by atoms with Gasteiger partial charge in [0.05, 0.1) is 16.7 Å². The monoisotopic (exact) mass is 1010 g/mol. The van der Waals surface area contributed by atoms with Gasteiger partial charge in [0.2, 0.25) is 0 Å². The van der Waals surface area contributed by atoms with E-state index < -0.39 is 0 Å². The van der Waals surface area contributed by atoms with Crippen molar-refractivity contribution >= 4 is 75.7 Å². The second kappa shape index (κ2) is 19.3. The standard InChI is InChI=1S/C77H60N2/c1-46(2)51-27-31-67-65(35-51)25-21-49-19-23-61(41-71(49)67)57-15-7-11-53(37-57)55-13-9-17-59(39-55)63-29-33-69-73(43-63)74-44-64(30-34-70(74)77-76(69)78-45-75(79-77)48(5)6)60-18-10-14-56(40-60)54-12-8-16-58(38-54)62-24-20-50-22-26-66-36-52(47(3)4)28-32-68(66)72(50)42-62/h7-48H,1-6H3. The summed E-state index contributed by atoms with van der Waals surface area (Å²) < 4.78 is 0. The fourth-order valence-corrected chi connectivity index (χ4v) is 12.1. The van der Waals surface area contributed by atoms with E-state index in [0.29, 0.717) is 11.8 Å². The fourth-order valence-electron chi connectivity index (χ4n) is 12.1. The third-order valence-corrected chi connectivity index (χ3v) is 16.7. The molecule has 0 saturated heterocycles. The maximum atomic E-state index is 5.31. The second-order valence-electron chi connectivity index (χ2n) is 22.8. The summed E-state index contributed by atoms with van der Waals surface area (Å²) in [5.74, 6) is 1.24. The van der Waals surface area contributed by atoms with Gasteiger partial charge in [-0.3, -0.25) is 4.98 Å². The smallest absolute Gasteiger partial charge is 0.0975 e. The molecule has 2 heteroatoms. The summed E-state index contributed by atoms with van der Waals surface area (Å²) in [5, 5.41) is 14.8. The van der Waals surface area contributed by atoms with Gasteiger partial charge in [-0.25, -0.2) is 4.98 Å². The average molecular weight is 1010 g/mol. The molecule has 0 aliphatic rings. The molecule has 0 atom stereocenters. The Kier molecular flexibility index (Phi) is 11.8. The van der Waals surface area contributed by atoms with Gasteiger partial charge < -0.3 is 0 Å². The molecule has 0 spiro atoms. The molecular formula is C77H60N2. The first-order chi connectivity index (χ1) is 38.6. The Bertz CT molecular complexity index is 4770. The normalized spacial score (nSPS) is 12.0. The minimum atomic E-state index is 0.254. The van der Waals surface area contributed by atoms with Crippen molar-refractivity contribution in [1.82, 2.24) is 9.97 Å². The van der Waals surface area contributed by atoms with Crippen LogP contribution in [0.1, 0.15) is 76.1 Å². The number of benzene rings is 13. The molecule has 79 heavy (non-hydrogen) atoms. The van der Waals surface area contributed by atoms with Crippen LogP contribution in [0.5, 0.6) is 0 Å². The van der Waals surface area contributed by atoms with Crippen molar-refractivity contribution in [2.24, 2.45) is 0 Å². The first-order valence-electron chi connectivity index (χ1n) is 28.1. The zero-order valence-corrected chi connectivity index (χ0v) is 45.6. The van der Waals surface area contributed by atoms with Gasteiger partial charge in [0.1, 0.15) is 0 Å². The predicted octanol–water partition coefficient (Wildman–Crippen LogP) is 21.9. The summed E-state index contributed by atoms with van der Waals surface area (Å²) in [6, 6.07) is 86.6. The van der Waals surface area contributed by atoms with Crippen molar-refractivity contribution in [2.45, 2.75) is 59.3 Å². The van der Waals surface area contributed by atoms with E-state index in [0.717, 1.165) is 44.0 Å². The lowest BCUT2D eigenvalue weighted by Crippen LogP contribution is -1.97. The Morgan fingerprint density at radius 1 is 0.241 bits per heavy atom. The van der Waals surface area contributed by atoms with Gasteiger partial charge >= 0.3 is 0 Å². The molecule has 14 rings (SSSR count). The molecule has 1 aromatic heterocycles. The van der Waals surface area contributed by atoms with Crippen LogP contribution in [-0.2, 0) is 0 Å². The van der Waals surface area contributed by atoms with E-state index in [-0.39, 0.29) is 5.92 Å². The van der Waals surface area contributed by atoms with Gasteiger partial charge in [0.15, 0.2) is 0 Å². The SMILES string of the molecule is CC(C)c1ccc2c(ccc3ccc(-c4cccc(-c5cccc(-c6ccc7c(c6)c6cc(-c8cccc(-c9cccc(-c%10ccc%11ccc%12cc(C(C)C)ccc%12c%11c%10)c9)c8)ccc6c6nc(C(C)C)cnc76)c5)c4)cc32)c1. The van der Waals surface area contributed by atoms with Crippen LogP contribution in [0.3, 0.4) is 0 Å². The number of rotatable bonds is 9. The number of aromatic nitrogens is 2. The zero-order chi connectivity index (χ0) is 53.5. The number of hydrogen-bond acceptors (Lipinski definition) is 2. The Labute approximate surface area is 462 Å². The maximum Gasteiger partial charge on any atom is 0.0975 e. The highest BCUT2D eigenvalue weighted by atomic mass is 14.8. The molecule has 0 fully saturated rings.